The van der Waals surface area contributed by atoms with Gasteiger partial charge in [0, 0.05) is 16.0 Å². The number of hydrogen-bond donors (Lipinski definition) is 1. The Labute approximate surface area is 187 Å². The predicted octanol–water partition coefficient (Wildman–Crippen LogP) is 7.53. The van der Waals surface area contributed by atoms with Crippen LogP contribution in [0, 0.1) is 0 Å². The molecule has 0 fully saturated rings. The maximum atomic E-state index is 12.1. The molecule has 1 aliphatic heterocycles. The van der Waals surface area contributed by atoms with Crippen LogP contribution >= 0.6 is 34.5 Å². The number of anilines is 1. The summed E-state index contributed by atoms with van der Waals surface area (Å²) in [6, 6.07) is 7.67. The summed E-state index contributed by atoms with van der Waals surface area (Å²) in [7, 11) is 0. The number of thiophene rings is 1. The van der Waals surface area contributed by atoms with E-state index < -0.39 is 0 Å². The van der Waals surface area contributed by atoms with Crippen LogP contribution in [0.4, 0.5) is 5.00 Å². The van der Waals surface area contributed by atoms with Crippen LogP contribution in [0.15, 0.2) is 29.3 Å². The third kappa shape index (κ3) is 6.31. The molecule has 0 atom stereocenters. The van der Waals surface area contributed by atoms with Crippen LogP contribution in [-0.4, -0.2) is 18.2 Å². The van der Waals surface area contributed by atoms with Crippen LogP contribution in [-0.2, 0) is 11.2 Å². The maximum Gasteiger partial charge on any atom is 0.246 e. The summed E-state index contributed by atoms with van der Waals surface area (Å²) >= 11 is 13.9. The van der Waals surface area contributed by atoms with Gasteiger partial charge in [0.25, 0.3) is 0 Å². The first-order chi connectivity index (χ1) is 14.1. The number of hydrogen-bond acceptors (Lipinski definition) is 3. The van der Waals surface area contributed by atoms with E-state index in [-0.39, 0.29) is 12.5 Å². The molecule has 0 saturated heterocycles. The van der Waals surface area contributed by atoms with Gasteiger partial charge in [-0.1, -0.05) is 81.1 Å². The summed E-state index contributed by atoms with van der Waals surface area (Å²) in [5.74, 6) is -0.0817. The van der Waals surface area contributed by atoms with E-state index in [4.69, 9.17) is 23.2 Å². The van der Waals surface area contributed by atoms with Gasteiger partial charge in [0.2, 0.25) is 5.91 Å². The Morgan fingerprint density at radius 3 is 2.45 bits per heavy atom. The van der Waals surface area contributed by atoms with Gasteiger partial charge in [0.05, 0.1) is 15.8 Å². The van der Waals surface area contributed by atoms with E-state index in [1.807, 2.05) is 12.1 Å². The number of aryl methyl sites for hydroxylation is 1. The smallest absolute Gasteiger partial charge is 0.246 e. The summed E-state index contributed by atoms with van der Waals surface area (Å²) in [5, 5.41) is 4.89. The van der Waals surface area contributed by atoms with Crippen molar-refractivity contribution in [3.63, 3.8) is 0 Å². The topological polar surface area (TPSA) is 41.5 Å². The first-order valence-corrected chi connectivity index (χ1v) is 12.1. The molecular formula is C23H28Cl2N2OS. The number of nitrogens with zero attached hydrogens (tertiary/aromatic N) is 1. The van der Waals surface area contributed by atoms with E-state index >= 15 is 0 Å². The molecule has 0 unspecified atom stereocenters. The third-order valence-corrected chi connectivity index (χ3v) is 6.99. The maximum absolute atomic E-state index is 12.1. The number of amides is 1. The molecule has 156 valence electrons. The molecular weight excluding hydrogens is 423 g/mol. The van der Waals surface area contributed by atoms with Gasteiger partial charge in [-0.15, -0.1) is 11.3 Å². The summed E-state index contributed by atoms with van der Waals surface area (Å²) in [5.41, 5.74) is 2.66. The molecule has 3 rings (SSSR count). The van der Waals surface area contributed by atoms with Crippen molar-refractivity contribution < 1.29 is 4.79 Å². The number of unbranched alkanes of at least 4 members (excludes halogenated alkanes) is 7. The molecule has 2 aromatic rings. The largest absolute Gasteiger partial charge is 0.316 e. The van der Waals surface area contributed by atoms with Gasteiger partial charge in [-0.3, -0.25) is 9.79 Å². The number of halogens is 2. The number of carbonyl (C=O) groups excluding carboxylic acids is 1. The van der Waals surface area contributed by atoms with Crippen LogP contribution in [0.2, 0.25) is 10.0 Å². The number of nitrogens with one attached hydrogen (secondary N) is 1. The van der Waals surface area contributed by atoms with Gasteiger partial charge in [-0.25, -0.2) is 0 Å². The van der Waals surface area contributed by atoms with Crippen LogP contribution < -0.4 is 5.32 Å². The van der Waals surface area contributed by atoms with Crippen LogP contribution in [0.1, 0.15) is 74.3 Å². The molecule has 6 heteroatoms. The standard InChI is InChI=1S/C23H28Cl2N2OS/c1-2-3-4-5-6-7-8-9-10-17-14-18-22(16-11-12-19(24)20(25)13-16)26-15-21(28)27-23(18)29-17/h11-14H,2-10,15H2,1H3,(H,27,28). The molecule has 1 aromatic carbocycles. The van der Waals surface area contributed by atoms with Crippen molar-refractivity contribution >= 4 is 51.2 Å². The monoisotopic (exact) mass is 450 g/mol. The number of benzene rings is 1. The minimum Gasteiger partial charge on any atom is -0.316 e. The zero-order valence-electron chi connectivity index (χ0n) is 16.9. The lowest BCUT2D eigenvalue weighted by atomic mass is 10.0. The Morgan fingerprint density at radius 2 is 1.72 bits per heavy atom. The Bertz CT molecular complexity index is 876. The summed E-state index contributed by atoms with van der Waals surface area (Å²) < 4.78 is 0. The van der Waals surface area contributed by atoms with E-state index in [1.165, 1.54) is 56.2 Å². The summed E-state index contributed by atoms with van der Waals surface area (Å²) in [4.78, 5) is 17.9. The molecule has 0 saturated carbocycles. The van der Waals surface area contributed by atoms with Gasteiger partial charge < -0.3 is 5.32 Å². The Balaban J connectivity index is 1.65. The fourth-order valence-corrected chi connectivity index (χ4v) is 4.97. The quantitative estimate of drug-likeness (QED) is 0.373. The van der Waals surface area contributed by atoms with Crippen molar-refractivity contribution in [2.45, 2.75) is 64.7 Å². The van der Waals surface area contributed by atoms with Gasteiger partial charge in [0.15, 0.2) is 0 Å². The second-order valence-corrected chi connectivity index (χ2v) is 9.47. The van der Waals surface area contributed by atoms with Crippen molar-refractivity contribution in [1.29, 1.82) is 0 Å². The lowest BCUT2D eigenvalue weighted by Crippen LogP contribution is -2.12. The molecule has 1 N–H and O–H groups in total. The zero-order chi connectivity index (χ0) is 20.6. The molecule has 1 amide bonds. The lowest BCUT2D eigenvalue weighted by molar-refractivity contribution is -0.114. The number of rotatable bonds is 10. The van der Waals surface area contributed by atoms with Gasteiger partial charge in [-0.05, 0) is 31.0 Å². The van der Waals surface area contributed by atoms with E-state index in [2.05, 4.69) is 23.3 Å². The predicted molar refractivity (Wildman–Crippen MR) is 126 cm³/mol. The van der Waals surface area contributed by atoms with Crippen molar-refractivity contribution in [3.05, 3.63) is 50.3 Å². The number of carbonyl (C=O) groups is 1. The average Bonchev–Trinajstić information content (AvgIpc) is 3.02. The Hall–Kier alpha value is -1.36. The van der Waals surface area contributed by atoms with E-state index in [9.17, 15) is 4.79 Å². The van der Waals surface area contributed by atoms with Crippen LogP contribution in [0.25, 0.3) is 0 Å². The fourth-order valence-electron chi connectivity index (χ4n) is 3.56. The number of fused-ring (bicyclic) bond motifs is 1. The van der Waals surface area contributed by atoms with Gasteiger partial charge in [0.1, 0.15) is 11.5 Å². The highest BCUT2D eigenvalue weighted by atomic mass is 35.5. The molecule has 0 radical (unpaired) electrons. The van der Waals surface area contributed by atoms with E-state index in [0.29, 0.717) is 10.0 Å². The Morgan fingerprint density at radius 1 is 1.00 bits per heavy atom. The van der Waals surface area contributed by atoms with E-state index in [0.717, 1.165) is 28.3 Å². The van der Waals surface area contributed by atoms with Gasteiger partial charge >= 0.3 is 0 Å². The highest BCUT2D eigenvalue weighted by molar-refractivity contribution is 7.16. The molecule has 0 bridgehead atoms. The van der Waals surface area contributed by atoms with Crippen molar-refractivity contribution in [1.82, 2.24) is 0 Å². The van der Waals surface area contributed by atoms with Gasteiger partial charge in [-0.2, -0.15) is 0 Å². The summed E-state index contributed by atoms with van der Waals surface area (Å²) in [6.45, 7) is 2.37. The van der Waals surface area contributed by atoms with Crippen molar-refractivity contribution in [2.24, 2.45) is 4.99 Å². The average molecular weight is 451 g/mol. The molecule has 1 aliphatic rings. The minimum absolute atomic E-state index is 0.0817. The third-order valence-electron chi connectivity index (χ3n) is 5.14. The molecule has 1 aromatic heterocycles. The zero-order valence-corrected chi connectivity index (χ0v) is 19.2. The van der Waals surface area contributed by atoms with E-state index in [1.54, 1.807) is 17.4 Å². The second-order valence-electron chi connectivity index (χ2n) is 7.52. The molecule has 0 spiro atoms. The van der Waals surface area contributed by atoms with Crippen molar-refractivity contribution in [3.8, 4) is 0 Å². The Kier molecular flexibility index (Phi) is 8.58. The molecule has 3 nitrogen and oxygen atoms in total. The molecule has 0 aliphatic carbocycles. The fraction of sp³-hybridized carbons (Fsp3) is 0.478. The van der Waals surface area contributed by atoms with Crippen LogP contribution in [0.3, 0.4) is 0 Å². The SMILES string of the molecule is CCCCCCCCCCc1cc2c(s1)NC(=O)CN=C2c1ccc(Cl)c(Cl)c1. The second kappa shape index (κ2) is 11.1. The minimum atomic E-state index is -0.0817. The number of aliphatic imine (C=N–C) groups is 1. The highest BCUT2D eigenvalue weighted by Gasteiger charge is 2.21. The first-order valence-electron chi connectivity index (χ1n) is 10.5. The molecule has 29 heavy (non-hydrogen) atoms. The first kappa shape index (κ1) is 22.3. The highest BCUT2D eigenvalue weighted by Crippen LogP contribution is 2.34. The normalized spacial score (nSPS) is 13.6. The van der Waals surface area contributed by atoms with Crippen LogP contribution in [0.5, 0.6) is 0 Å². The van der Waals surface area contributed by atoms with Crippen molar-refractivity contribution in [2.75, 3.05) is 11.9 Å². The molecule has 2 heterocycles. The summed E-state index contributed by atoms with van der Waals surface area (Å²) in [6.07, 6.45) is 11.5. The lowest BCUT2D eigenvalue weighted by Gasteiger charge is -2.06.